The summed E-state index contributed by atoms with van der Waals surface area (Å²) in [4.78, 5) is 25.5. The zero-order valence-corrected chi connectivity index (χ0v) is 14.3. The number of hydrogen-bond acceptors (Lipinski definition) is 6. The molecule has 7 nitrogen and oxygen atoms in total. The highest BCUT2D eigenvalue weighted by atomic mass is 16.5. The number of likely N-dealkylation sites (tertiary alicyclic amines) is 1. The summed E-state index contributed by atoms with van der Waals surface area (Å²) in [6.45, 7) is 5.44. The van der Waals surface area contributed by atoms with E-state index < -0.39 is 0 Å². The lowest BCUT2D eigenvalue weighted by Crippen LogP contribution is -2.33. The Morgan fingerprint density at radius 1 is 1.12 bits per heavy atom. The van der Waals surface area contributed by atoms with Gasteiger partial charge in [0.15, 0.2) is 5.69 Å². The van der Waals surface area contributed by atoms with Crippen molar-refractivity contribution in [2.75, 3.05) is 31.1 Å². The third-order valence-electron chi connectivity index (χ3n) is 5.61. The number of anilines is 1. The van der Waals surface area contributed by atoms with Crippen LogP contribution in [-0.4, -0.2) is 52.1 Å². The van der Waals surface area contributed by atoms with E-state index in [-0.39, 0.29) is 5.91 Å². The van der Waals surface area contributed by atoms with Crippen LogP contribution in [0.4, 0.5) is 5.82 Å². The zero-order valence-electron chi connectivity index (χ0n) is 14.3. The van der Waals surface area contributed by atoms with Crippen molar-refractivity contribution in [3.63, 3.8) is 0 Å². The van der Waals surface area contributed by atoms with Crippen molar-refractivity contribution in [2.45, 2.75) is 25.7 Å². The monoisotopic (exact) mass is 339 g/mol. The molecule has 7 heteroatoms. The average molecular weight is 339 g/mol. The highest BCUT2D eigenvalue weighted by molar-refractivity contribution is 5.92. The predicted molar refractivity (Wildman–Crippen MR) is 90.3 cm³/mol. The van der Waals surface area contributed by atoms with Gasteiger partial charge >= 0.3 is 0 Å². The summed E-state index contributed by atoms with van der Waals surface area (Å²) in [5.41, 5.74) is 1.45. The molecule has 2 saturated heterocycles. The number of nitrogens with zero attached hydrogens (tertiary/aromatic N) is 5. The minimum absolute atomic E-state index is 0.00878. The van der Waals surface area contributed by atoms with E-state index in [2.05, 4.69) is 20.0 Å². The molecule has 0 radical (unpaired) electrons. The Morgan fingerprint density at radius 3 is 2.56 bits per heavy atom. The van der Waals surface area contributed by atoms with Gasteiger partial charge in [-0.15, -0.1) is 0 Å². The van der Waals surface area contributed by atoms with Crippen LogP contribution in [0.15, 0.2) is 23.0 Å². The minimum atomic E-state index is 0.00878. The van der Waals surface area contributed by atoms with Gasteiger partial charge in [0, 0.05) is 61.8 Å². The van der Waals surface area contributed by atoms with E-state index in [0.717, 1.165) is 56.3 Å². The molecule has 5 rings (SSSR count). The van der Waals surface area contributed by atoms with Gasteiger partial charge in [0.1, 0.15) is 17.9 Å². The fourth-order valence-corrected chi connectivity index (χ4v) is 4.07. The number of rotatable bonds is 3. The molecule has 2 aliphatic heterocycles. The van der Waals surface area contributed by atoms with Crippen LogP contribution in [0.2, 0.25) is 0 Å². The second kappa shape index (κ2) is 5.54. The van der Waals surface area contributed by atoms with Crippen LogP contribution >= 0.6 is 0 Å². The Hall–Kier alpha value is -2.44. The van der Waals surface area contributed by atoms with E-state index in [0.29, 0.717) is 23.4 Å². The lowest BCUT2D eigenvalue weighted by atomic mass is 10.0. The smallest absolute Gasteiger partial charge is 0.276 e. The first-order chi connectivity index (χ1) is 12.2. The van der Waals surface area contributed by atoms with Gasteiger partial charge in [0.05, 0.1) is 0 Å². The van der Waals surface area contributed by atoms with Crippen LogP contribution in [0.3, 0.4) is 0 Å². The Morgan fingerprint density at radius 2 is 1.88 bits per heavy atom. The molecule has 3 fully saturated rings. The molecule has 4 heterocycles. The fourth-order valence-electron chi connectivity index (χ4n) is 4.07. The normalized spacial score (nSPS) is 25.5. The molecule has 130 valence electrons. The summed E-state index contributed by atoms with van der Waals surface area (Å²) >= 11 is 0. The molecule has 0 N–H and O–H groups in total. The maximum absolute atomic E-state index is 12.7. The topological polar surface area (TPSA) is 75.4 Å². The summed E-state index contributed by atoms with van der Waals surface area (Å²) in [6, 6.07) is 3.86. The van der Waals surface area contributed by atoms with E-state index >= 15 is 0 Å². The van der Waals surface area contributed by atoms with Gasteiger partial charge in [-0.2, -0.15) is 0 Å². The number of aryl methyl sites for hydroxylation is 1. The fraction of sp³-hybridized carbons (Fsp3) is 0.556. The number of aromatic nitrogens is 3. The number of amides is 1. The molecule has 1 amide bonds. The van der Waals surface area contributed by atoms with Crippen molar-refractivity contribution in [3.8, 4) is 0 Å². The molecular weight excluding hydrogens is 318 g/mol. The van der Waals surface area contributed by atoms with Crippen LogP contribution in [0.25, 0.3) is 0 Å². The van der Waals surface area contributed by atoms with Crippen LogP contribution in [-0.2, 0) is 0 Å². The third kappa shape index (κ3) is 2.67. The van der Waals surface area contributed by atoms with Gasteiger partial charge in [0.25, 0.3) is 5.91 Å². The second-order valence-corrected chi connectivity index (χ2v) is 7.54. The van der Waals surface area contributed by atoms with Crippen molar-refractivity contribution < 1.29 is 9.32 Å². The second-order valence-electron chi connectivity index (χ2n) is 7.54. The summed E-state index contributed by atoms with van der Waals surface area (Å²) in [5, 5.41) is 3.99. The number of fused-ring (bicyclic) bond motifs is 1. The molecule has 1 saturated carbocycles. The standard InChI is InChI=1S/C18H21N5O2/c1-11-4-17(20-10-19-11)22-6-13-8-23(9-14(13)7-22)18(24)15-5-16(25-21-15)12-2-3-12/h4-5,10,12-14H,2-3,6-9H2,1H3. The number of carbonyl (C=O) groups is 1. The molecule has 0 aromatic carbocycles. The molecule has 0 spiro atoms. The van der Waals surface area contributed by atoms with Crippen LogP contribution in [0.1, 0.15) is 40.7 Å². The molecule has 2 unspecified atom stereocenters. The average Bonchev–Trinajstić information content (AvgIpc) is 3.04. The molecule has 3 aliphatic rings. The van der Waals surface area contributed by atoms with E-state index in [1.54, 1.807) is 6.33 Å². The zero-order chi connectivity index (χ0) is 17.0. The summed E-state index contributed by atoms with van der Waals surface area (Å²) < 4.78 is 5.33. The highest BCUT2D eigenvalue weighted by Gasteiger charge is 2.42. The quantitative estimate of drug-likeness (QED) is 0.850. The molecule has 2 aromatic rings. The SMILES string of the molecule is Cc1cc(N2CC3CN(C(=O)c4cc(C5CC5)on4)CC3C2)ncn1. The van der Waals surface area contributed by atoms with Crippen molar-refractivity contribution in [2.24, 2.45) is 11.8 Å². The van der Waals surface area contributed by atoms with E-state index in [4.69, 9.17) is 4.52 Å². The summed E-state index contributed by atoms with van der Waals surface area (Å²) in [7, 11) is 0. The lowest BCUT2D eigenvalue weighted by molar-refractivity contribution is 0.0772. The predicted octanol–water partition coefficient (Wildman–Crippen LogP) is 1.86. The van der Waals surface area contributed by atoms with Crippen molar-refractivity contribution >= 4 is 11.7 Å². The maximum Gasteiger partial charge on any atom is 0.276 e. The molecule has 1 aliphatic carbocycles. The van der Waals surface area contributed by atoms with Gasteiger partial charge in [-0.1, -0.05) is 5.16 Å². The van der Waals surface area contributed by atoms with Crippen LogP contribution in [0, 0.1) is 18.8 Å². The van der Waals surface area contributed by atoms with Gasteiger partial charge in [0.2, 0.25) is 0 Å². The molecule has 2 aromatic heterocycles. The van der Waals surface area contributed by atoms with Gasteiger partial charge in [-0.25, -0.2) is 9.97 Å². The van der Waals surface area contributed by atoms with Gasteiger partial charge in [-0.05, 0) is 19.8 Å². The summed E-state index contributed by atoms with van der Waals surface area (Å²) in [6.07, 6.45) is 3.92. The van der Waals surface area contributed by atoms with E-state index in [9.17, 15) is 4.79 Å². The first-order valence-electron chi connectivity index (χ1n) is 8.97. The van der Waals surface area contributed by atoms with E-state index in [1.165, 1.54) is 0 Å². The van der Waals surface area contributed by atoms with Gasteiger partial charge in [-0.3, -0.25) is 4.79 Å². The molecule has 0 bridgehead atoms. The first kappa shape index (κ1) is 14.9. The third-order valence-corrected chi connectivity index (χ3v) is 5.61. The molecular formula is C18H21N5O2. The Kier molecular flexibility index (Phi) is 3.29. The van der Waals surface area contributed by atoms with E-state index in [1.807, 2.05) is 24.0 Å². The first-order valence-corrected chi connectivity index (χ1v) is 8.97. The Balaban J connectivity index is 1.25. The minimum Gasteiger partial charge on any atom is -0.360 e. The van der Waals surface area contributed by atoms with Crippen molar-refractivity contribution in [3.05, 3.63) is 35.6 Å². The number of hydrogen-bond donors (Lipinski definition) is 0. The Bertz CT molecular complexity index is 801. The molecule has 2 atom stereocenters. The molecule has 25 heavy (non-hydrogen) atoms. The highest BCUT2D eigenvalue weighted by Crippen LogP contribution is 2.40. The lowest BCUT2D eigenvalue weighted by Gasteiger charge is -2.22. The van der Waals surface area contributed by atoms with Gasteiger partial charge < -0.3 is 14.3 Å². The largest absolute Gasteiger partial charge is 0.360 e. The number of carbonyl (C=O) groups excluding carboxylic acids is 1. The van der Waals surface area contributed by atoms with Crippen molar-refractivity contribution in [1.82, 2.24) is 20.0 Å². The Labute approximate surface area is 146 Å². The van der Waals surface area contributed by atoms with Crippen LogP contribution < -0.4 is 4.90 Å². The van der Waals surface area contributed by atoms with Crippen molar-refractivity contribution in [1.29, 1.82) is 0 Å². The van der Waals surface area contributed by atoms with Crippen LogP contribution in [0.5, 0.6) is 0 Å². The summed E-state index contributed by atoms with van der Waals surface area (Å²) in [5.74, 6) is 3.34. The maximum atomic E-state index is 12.7.